The van der Waals surface area contributed by atoms with Gasteiger partial charge in [-0.15, -0.1) is 0 Å². The Kier molecular flexibility index (Phi) is 5.02. The summed E-state index contributed by atoms with van der Waals surface area (Å²) < 4.78 is 46.3. The van der Waals surface area contributed by atoms with Gasteiger partial charge >= 0.3 is 6.09 Å². The molecule has 5 atom stereocenters. The first-order valence-electron chi connectivity index (χ1n) is 11.7. The minimum absolute atomic E-state index is 0.0467. The smallest absolute Gasteiger partial charge is 0.414 e. The van der Waals surface area contributed by atoms with Gasteiger partial charge < -0.3 is 20.2 Å². The molecule has 0 spiro atoms. The lowest BCUT2D eigenvalue weighted by Gasteiger charge is -2.15. The number of nitrogens with zero attached hydrogens (tertiary/aromatic N) is 3. The summed E-state index contributed by atoms with van der Waals surface area (Å²) in [6.45, 7) is 9.23. The van der Waals surface area contributed by atoms with Crippen LogP contribution in [0.25, 0.3) is 16.0 Å². The van der Waals surface area contributed by atoms with Gasteiger partial charge in [0.15, 0.2) is 0 Å². The SMILES string of the molecule is [C-]#[N+]C1(c2ccc(-c3ccc(N4C[C@H](CNC(=O)C5CC5(F)F)OC4=O)cc3F)cn2)[C@@H]2CNC[C@@H]21. The van der Waals surface area contributed by atoms with E-state index in [0.717, 1.165) is 13.1 Å². The molecule has 2 N–H and O–H groups in total. The molecule has 8 nitrogen and oxygen atoms in total. The second kappa shape index (κ2) is 7.93. The van der Waals surface area contributed by atoms with E-state index in [-0.39, 0.29) is 30.6 Å². The maximum atomic E-state index is 15.0. The molecular formula is C25H22F3N5O3. The molecular weight excluding hydrogens is 475 g/mol. The van der Waals surface area contributed by atoms with E-state index < -0.39 is 47.7 Å². The highest BCUT2D eigenvalue weighted by Crippen LogP contribution is 2.62. The Morgan fingerprint density at radius 1 is 1.28 bits per heavy atom. The van der Waals surface area contributed by atoms with Crippen molar-refractivity contribution in [3.8, 4) is 11.1 Å². The predicted octanol–water partition coefficient (Wildman–Crippen LogP) is 2.95. The minimum Gasteiger partial charge on any atom is -0.442 e. The molecule has 2 saturated heterocycles. The Balaban J connectivity index is 1.12. The number of carbonyl (C=O) groups excluding carboxylic acids is 2. The molecule has 2 aromatic rings. The third-order valence-electron chi connectivity index (χ3n) is 7.69. The van der Waals surface area contributed by atoms with Crippen molar-refractivity contribution in [2.24, 2.45) is 17.8 Å². The number of nitrogens with one attached hydrogen (secondary N) is 2. The van der Waals surface area contributed by atoms with E-state index in [9.17, 15) is 18.4 Å². The number of pyridine rings is 1. The maximum Gasteiger partial charge on any atom is 0.414 e. The average molecular weight is 497 g/mol. The summed E-state index contributed by atoms with van der Waals surface area (Å²) in [5, 5.41) is 5.67. The van der Waals surface area contributed by atoms with Crippen LogP contribution in [-0.2, 0) is 15.1 Å². The molecule has 2 aliphatic carbocycles. The van der Waals surface area contributed by atoms with Crippen LogP contribution in [0.2, 0.25) is 0 Å². The van der Waals surface area contributed by atoms with Crippen LogP contribution in [0.4, 0.5) is 23.7 Å². The molecule has 186 valence electrons. The minimum atomic E-state index is -2.97. The third kappa shape index (κ3) is 3.51. The van der Waals surface area contributed by atoms with Crippen LogP contribution in [0.15, 0.2) is 36.5 Å². The van der Waals surface area contributed by atoms with E-state index >= 15 is 4.39 Å². The molecule has 2 amide bonds. The van der Waals surface area contributed by atoms with Crippen molar-refractivity contribution < 1.29 is 27.5 Å². The van der Waals surface area contributed by atoms with Crippen LogP contribution in [0.5, 0.6) is 0 Å². The quantitative estimate of drug-likeness (QED) is 0.600. The van der Waals surface area contributed by atoms with Gasteiger partial charge in [0.2, 0.25) is 5.91 Å². The highest BCUT2D eigenvalue weighted by Gasteiger charge is 2.76. The molecule has 6 rings (SSSR count). The number of fused-ring (bicyclic) bond motifs is 1. The third-order valence-corrected chi connectivity index (χ3v) is 7.69. The number of anilines is 1. The van der Waals surface area contributed by atoms with Crippen LogP contribution in [-0.4, -0.2) is 55.2 Å². The monoisotopic (exact) mass is 497 g/mol. The van der Waals surface area contributed by atoms with E-state index in [4.69, 9.17) is 11.3 Å². The summed E-state index contributed by atoms with van der Waals surface area (Å²) in [5.41, 5.74) is 1.25. The average Bonchev–Trinajstić information content (AvgIpc) is 3.48. The number of ether oxygens (including phenoxy) is 1. The number of piperidine rings is 1. The number of carbonyl (C=O) groups is 2. The lowest BCUT2D eigenvalue weighted by Crippen LogP contribution is -2.36. The summed E-state index contributed by atoms with van der Waals surface area (Å²) in [5.74, 6) is -5.11. The zero-order valence-corrected chi connectivity index (χ0v) is 19.0. The van der Waals surface area contributed by atoms with Crippen LogP contribution >= 0.6 is 0 Å². The largest absolute Gasteiger partial charge is 0.442 e. The highest BCUT2D eigenvalue weighted by molar-refractivity contribution is 5.90. The number of benzene rings is 1. The number of halogens is 3. The fraction of sp³-hybridized carbons (Fsp3) is 0.440. The highest BCUT2D eigenvalue weighted by atomic mass is 19.3. The molecule has 1 aromatic carbocycles. The molecule has 4 fully saturated rings. The van der Waals surface area contributed by atoms with Crippen LogP contribution < -0.4 is 15.5 Å². The first-order valence-corrected chi connectivity index (χ1v) is 11.7. The Labute approximate surface area is 204 Å². The van der Waals surface area contributed by atoms with Crippen molar-refractivity contribution in [1.82, 2.24) is 15.6 Å². The molecule has 4 aliphatic rings. The second-order valence-electron chi connectivity index (χ2n) is 9.78. The number of alkyl halides is 2. The zero-order valence-electron chi connectivity index (χ0n) is 19.0. The van der Waals surface area contributed by atoms with Crippen molar-refractivity contribution in [1.29, 1.82) is 0 Å². The summed E-state index contributed by atoms with van der Waals surface area (Å²) in [6.07, 6.45) is -0.356. The summed E-state index contributed by atoms with van der Waals surface area (Å²) in [6, 6.07) is 7.87. The standard InChI is InChI=1S/C25H22F3N5O3/c1-29-25(18-10-30-11-19(18)25)21-5-2-13(8-31-21)16-4-3-14(6-20(16)26)33-12-15(36-23(33)35)9-32-22(34)17-7-24(17,27)28/h2-6,8,15,17-19,30H,7,9-12H2,(H,32,34)/t15-,17?,18-,19+,25?/m0/s1. The van der Waals surface area contributed by atoms with Gasteiger partial charge in [-0.3, -0.25) is 14.7 Å². The first kappa shape index (κ1) is 22.8. The fourth-order valence-electron chi connectivity index (χ4n) is 5.48. The molecule has 0 radical (unpaired) electrons. The molecule has 3 heterocycles. The van der Waals surface area contributed by atoms with Crippen molar-refractivity contribution in [2.75, 3.05) is 31.1 Å². The zero-order chi connectivity index (χ0) is 25.2. The number of hydrogen-bond donors (Lipinski definition) is 2. The lowest BCUT2D eigenvalue weighted by molar-refractivity contribution is -0.124. The second-order valence-corrected chi connectivity index (χ2v) is 9.78. The first-order chi connectivity index (χ1) is 17.2. The van der Waals surface area contributed by atoms with Crippen LogP contribution in [0.3, 0.4) is 0 Å². The molecule has 1 aromatic heterocycles. The summed E-state index contributed by atoms with van der Waals surface area (Å²) >= 11 is 0. The van der Waals surface area contributed by atoms with Crippen molar-refractivity contribution in [3.63, 3.8) is 0 Å². The number of cyclic esters (lactones) is 1. The van der Waals surface area contributed by atoms with E-state index in [0.29, 0.717) is 16.8 Å². The van der Waals surface area contributed by atoms with Gasteiger partial charge in [0.05, 0.1) is 30.6 Å². The van der Waals surface area contributed by atoms with E-state index in [2.05, 4.69) is 20.5 Å². The summed E-state index contributed by atoms with van der Waals surface area (Å²) in [4.78, 5) is 33.7. The normalized spacial score (nSPS) is 31.4. The van der Waals surface area contributed by atoms with Crippen molar-refractivity contribution >= 4 is 17.7 Å². The molecule has 2 saturated carbocycles. The van der Waals surface area contributed by atoms with Gasteiger partial charge in [-0.2, -0.15) is 0 Å². The van der Waals surface area contributed by atoms with Crippen molar-refractivity contribution in [2.45, 2.75) is 24.0 Å². The topological polar surface area (TPSA) is 87.9 Å². The molecule has 2 unspecified atom stereocenters. The van der Waals surface area contributed by atoms with Gasteiger partial charge in [-0.25, -0.2) is 24.5 Å². The van der Waals surface area contributed by atoms with Gasteiger partial charge in [-0.1, -0.05) is 6.07 Å². The molecule has 36 heavy (non-hydrogen) atoms. The predicted molar refractivity (Wildman–Crippen MR) is 121 cm³/mol. The van der Waals surface area contributed by atoms with Gasteiger partial charge in [-0.05, 0) is 24.3 Å². The Hall–Kier alpha value is -3.65. The number of rotatable bonds is 6. The number of aromatic nitrogens is 1. The van der Waals surface area contributed by atoms with Gasteiger partial charge in [0.25, 0.3) is 11.5 Å². The molecule has 2 aliphatic heterocycles. The van der Waals surface area contributed by atoms with Crippen molar-refractivity contribution in [3.05, 3.63) is 59.5 Å². The number of hydrogen-bond acceptors (Lipinski definition) is 5. The Morgan fingerprint density at radius 3 is 2.64 bits per heavy atom. The van der Waals surface area contributed by atoms with Crippen LogP contribution in [0.1, 0.15) is 12.1 Å². The maximum absolute atomic E-state index is 15.0. The van der Waals surface area contributed by atoms with E-state index in [1.54, 1.807) is 30.5 Å². The molecule has 11 heteroatoms. The Morgan fingerprint density at radius 2 is 2.03 bits per heavy atom. The van der Waals surface area contributed by atoms with E-state index in [1.807, 2.05) is 0 Å². The van der Waals surface area contributed by atoms with Gasteiger partial charge in [0.1, 0.15) is 23.5 Å². The summed E-state index contributed by atoms with van der Waals surface area (Å²) in [7, 11) is 0. The lowest BCUT2D eigenvalue weighted by atomic mass is 10.0. The number of amides is 2. The van der Waals surface area contributed by atoms with E-state index in [1.165, 1.54) is 11.0 Å². The van der Waals surface area contributed by atoms with Crippen LogP contribution in [0, 0.1) is 30.1 Å². The fourth-order valence-corrected chi connectivity index (χ4v) is 5.48. The molecule has 0 bridgehead atoms. The Bertz CT molecular complexity index is 1280. The van der Waals surface area contributed by atoms with Gasteiger partial charge in [0, 0.05) is 36.8 Å².